The van der Waals surface area contributed by atoms with Crippen molar-refractivity contribution in [3.8, 4) is 0 Å². The van der Waals surface area contributed by atoms with Crippen molar-refractivity contribution in [1.82, 2.24) is 0 Å². The molecule has 0 aliphatic heterocycles. The van der Waals surface area contributed by atoms with E-state index in [1.54, 1.807) is 66.7 Å². The minimum Gasteiger partial charge on any atom is -0.322 e. The maximum absolute atomic E-state index is 13.3. The molecule has 194 valence electrons. The van der Waals surface area contributed by atoms with Crippen LogP contribution in [0.1, 0.15) is 52.6 Å². The molecule has 4 aromatic carbocycles. The van der Waals surface area contributed by atoms with Crippen molar-refractivity contribution in [3.63, 3.8) is 0 Å². The number of anilines is 2. The third kappa shape index (κ3) is 5.68. The Morgan fingerprint density at radius 3 is 2.03 bits per heavy atom. The van der Waals surface area contributed by atoms with Crippen LogP contribution in [-0.2, 0) is 15.4 Å². The van der Waals surface area contributed by atoms with E-state index in [-0.39, 0.29) is 27.3 Å². The molecule has 38 heavy (non-hydrogen) atoms. The van der Waals surface area contributed by atoms with Crippen molar-refractivity contribution in [2.24, 2.45) is 0 Å². The van der Waals surface area contributed by atoms with E-state index in [0.717, 1.165) is 9.87 Å². The Balaban J connectivity index is 1.57. The second-order valence-corrected chi connectivity index (χ2v) is 12.0. The van der Waals surface area contributed by atoms with Gasteiger partial charge in [0, 0.05) is 23.9 Å². The van der Waals surface area contributed by atoms with Gasteiger partial charge >= 0.3 is 0 Å². The van der Waals surface area contributed by atoms with Gasteiger partial charge in [0.1, 0.15) is 0 Å². The maximum Gasteiger partial charge on any atom is 0.264 e. The molecule has 0 fully saturated rings. The van der Waals surface area contributed by atoms with Gasteiger partial charge in [0.15, 0.2) is 5.78 Å². The van der Waals surface area contributed by atoms with E-state index in [1.807, 2.05) is 24.3 Å². The number of nitrogens with one attached hydrogen (secondary N) is 1. The van der Waals surface area contributed by atoms with Gasteiger partial charge in [-0.25, -0.2) is 8.42 Å². The molecule has 0 atom stereocenters. The minimum atomic E-state index is -3.87. The average molecular weight is 527 g/mol. The monoisotopic (exact) mass is 526 g/mol. The standard InChI is InChI=1S/C31H30N2O4S/c1-31(2,3)24-19-17-22(18-20-24)29(34)23-11-10-12-25(21-23)32-30(35)27-15-8-9-16-28(27)33(4)38(36,37)26-13-6-5-7-14-26/h5-21H,1-4H3,(H,32,35). The summed E-state index contributed by atoms with van der Waals surface area (Å²) in [5, 5.41) is 2.81. The fraction of sp³-hybridized carbons (Fsp3) is 0.161. The fourth-order valence-corrected chi connectivity index (χ4v) is 5.28. The quantitative estimate of drug-likeness (QED) is 0.287. The molecule has 7 heteroatoms. The molecule has 4 aromatic rings. The van der Waals surface area contributed by atoms with Gasteiger partial charge in [0.25, 0.3) is 15.9 Å². The lowest BCUT2D eigenvalue weighted by molar-refractivity contribution is 0.102. The number of amides is 1. The minimum absolute atomic E-state index is 0.0173. The second kappa shape index (κ2) is 10.6. The smallest absolute Gasteiger partial charge is 0.264 e. The highest BCUT2D eigenvalue weighted by molar-refractivity contribution is 7.92. The Bertz CT molecular complexity index is 1570. The highest BCUT2D eigenvalue weighted by Crippen LogP contribution is 2.27. The van der Waals surface area contributed by atoms with E-state index in [9.17, 15) is 18.0 Å². The lowest BCUT2D eigenvalue weighted by atomic mass is 9.86. The molecular weight excluding hydrogens is 496 g/mol. The van der Waals surface area contributed by atoms with Crippen LogP contribution in [0.25, 0.3) is 0 Å². The lowest BCUT2D eigenvalue weighted by Crippen LogP contribution is -2.29. The number of sulfonamides is 1. The summed E-state index contributed by atoms with van der Waals surface area (Å²) in [6.07, 6.45) is 0. The van der Waals surface area contributed by atoms with Crippen molar-refractivity contribution >= 4 is 33.1 Å². The van der Waals surface area contributed by atoms with Gasteiger partial charge in [-0.1, -0.05) is 87.5 Å². The summed E-state index contributed by atoms with van der Waals surface area (Å²) < 4.78 is 27.4. The molecule has 0 radical (unpaired) electrons. The van der Waals surface area contributed by atoms with E-state index < -0.39 is 15.9 Å². The van der Waals surface area contributed by atoms with Crippen molar-refractivity contribution < 1.29 is 18.0 Å². The Morgan fingerprint density at radius 1 is 0.737 bits per heavy atom. The van der Waals surface area contributed by atoms with Crippen molar-refractivity contribution in [2.75, 3.05) is 16.7 Å². The first-order valence-corrected chi connectivity index (χ1v) is 13.6. The summed E-state index contributed by atoms with van der Waals surface area (Å²) in [4.78, 5) is 26.5. The predicted molar refractivity (Wildman–Crippen MR) is 151 cm³/mol. The summed E-state index contributed by atoms with van der Waals surface area (Å²) in [5.41, 5.74) is 2.95. The molecule has 0 aliphatic carbocycles. The number of nitrogens with zero attached hydrogens (tertiary/aromatic N) is 1. The van der Waals surface area contributed by atoms with Gasteiger partial charge in [0.2, 0.25) is 0 Å². The van der Waals surface area contributed by atoms with Crippen LogP contribution < -0.4 is 9.62 Å². The van der Waals surface area contributed by atoms with Crippen molar-refractivity contribution in [3.05, 3.63) is 125 Å². The number of benzene rings is 4. The average Bonchev–Trinajstić information content (AvgIpc) is 2.92. The number of ketones is 1. The molecule has 0 unspecified atom stereocenters. The first-order chi connectivity index (χ1) is 18.0. The molecule has 0 spiro atoms. The van der Waals surface area contributed by atoms with Crippen LogP contribution in [0.2, 0.25) is 0 Å². The first kappa shape index (κ1) is 26.8. The van der Waals surface area contributed by atoms with Crippen molar-refractivity contribution in [1.29, 1.82) is 0 Å². The van der Waals surface area contributed by atoms with Crippen LogP contribution >= 0.6 is 0 Å². The predicted octanol–water partition coefficient (Wildman–Crippen LogP) is 6.29. The van der Waals surface area contributed by atoms with Crippen LogP contribution in [0.3, 0.4) is 0 Å². The zero-order valence-electron chi connectivity index (χ0n) is 21.8. The van der Waals surface area contributed by atoms with Gasteiger partial charge in [-0.15, -0.1) is 0 Å². The molecule has 0 aromatic heterocycles. The summed E-state index contributed by atoms with van der Waals surface area (Å²) >= 11 is 0. The normalized spacial score (nSPS) is 11.6. The second-order valence-electron chi connectivity index (χ2n) is 9.99. The lowest BCUT2D eigenvalue weighted by Gasteiger charge is -2.22. The number of hydrogen-bond donors (Lipinski definition) is 1. The van der Waals surface area contributed by atoms with Crippen LogP contribution in [0.4, 0.5) is 11.4 Å². The van der Waals surface area contributed by atoms with Gasteiger partial charge in [-0.2, -0.15) is 0 Å². The third-order valence-corrected chi connectivity index (χ3v) is 8.07. The Hall–Kier alpha value is -4.23. The number of carbonyl (C=O) groups is 2. The Labute approximate surface area is 224 Å². The number of hydrogen-bond acceptors (Lipinski definition) is 4. The Morgan fingerprint density at radius 2 is 1.37 bits per heavy atom. The maximum atomic E-state index is 13.3. The third-order valence-electron chi connectivity index (χ3n) is 6.29. The van der Waals surface area contributed by atoms with Crippen LogP contribution in [0, 0.1) is 0 Å². The molecule has 6 nitrogen and oxygen atoms in total. The molecule has 1 amide bonds. The molecule has 0 aliphatic rings. The molecule has 0 saturated carbocycles. The van der Waals surface area contributed by atoms with Gasteiger partial charge in [-0.3, -0.25) is 13.9 Å². The fourth-order valence-electron chi connectivity index (χ4n) is 4.05. The summed E-state index contributed by atoms with van der Waals surface area (Å²) in [7, 11) is -2.46. The van der Waals surface area contributed by atoms with Crippen molar-refractivity contribution in [2.45, 2.75) is 31.1 Å². The summed E-state index contributed by atoms with van der Waals surface area (Å²) in [5.74, 6) is -0.648. The zero-order chi connectivity index (χ0) is 27.5. The van der Waals surface area contributed by atoms with Crippen LogP contribution in [0.15, 0.2) is 108 Å². The highest BCUT2D eigenvalue weighted by atomic mass is 32.2. The molecule has 0 bridgehead atoms. The Kier molecular flexibility index (Phi) is 7.51. The topological polar surface area (TPSA) is 83.6 Å². The molecule has 1 N–H and O–H groups in total. The van der Waals surface area contributed by atoms with Gasteiger partial charge in [-0.05, 0) is 47.4 Å². The van der Waals surface area contributed by atoms with E-state index in [2.05, 4.69) is 26.1 Å². The van der Waals surface area contributed by atoms with Crippen LogP contribution in [-0.4, -0.2) is 27.2 Å². The number of para-hydroxylation sites is 1. The molecule has 4 rings (SSSR count). The number of rotatable bonds is 7. The van der Waals surface area contributed by atoms with E-state index in [0.29, 0.717) is 16.8 Å². The number of carbonyl (C=O) groups excluding carboxylic acids is 2. The van der Waals surface area contributed by atoms with E-state index in [1.165, 1.54) is 19.2 Å². The largest absolute Gasteiger partial charge is 0.322 e. The van der Waals surface area contributed by atoms with Gasteiger partial charge < -0.3 is 5.32 Å². The summed E-state index contributed by atoms with van der Waals surface area (Å²) in [6, 6.07) is 28.8. The highest BCUT2D eigenvalue weighted by Gasteiger charge is 2.25. The zero-order valence-corrected chi connectivity index (χ0v) is 22.6. The SMILES string of the molecule is CN(c1ccccc1C(=O)Nc1cccc(C(=O)c2ccc(C(C)(C)C)cc2)c1)S(=O)(=O)c1ccccc1. The van der Waals surface area contributed by atoms with E-state index >= 15 is 0 Å². The van der Waals surface area contributed by atoms with Gasteiger partial charge in [0.05, 0.1) is 16.1 Å². The summed E-state index contributed by atoms with van der Waals surface area (Å²) in [6.45, 7) is 6.34. The van der Waals surface area contributed by atoms with E-state index in [4.69, 9.17) is 0 Å². The molecule has 0 saturated heterocycles. The first-order valence-electron chi connectivity index (χ1n) is 12.2. The van der Waals surface area contributed by atoms with Crippen LogP contribution in [0.5, 0.6) is 0 Å². The molecule has 0 heterocycles. The molecular formula is C31H30N2O4S.